The van der Waals surface area contributed by atoms with Crippen LogP contribution in [0.25, 0.3) is 0 Å². The van der Waals surface area contributed by atoms with E-state index in [0.717, 1.165) is 10.6 Å². The van der Waals surface area contributed by atoms with E-state index in [1.165, 1.54) is 23.1 Å². The minimum Gasteiger partial charge on any atom is -0.486 e. The van der Waals surface area contributed by atoms with Gasteiger partial charge >= 0.3 is 0 Å². The predicted molar refractivity (Wildman–Crippen MR) is 88.6 cm³/mol. The molecule has 2 aromatic rings. The summed E-state index contributed by atoms with van der Waals surface area (Å²) in [7, 11) is 0. The highest BCUT2D eigenvalue weighted by Gasteiger charge is 2.16. The maximum Gasteiger partial charge on any atom is 0.236 e. The molecule has 1 amide bonds. The second kappa shape index (κ2) is 6.76. The third kappa shape index (κ3) is 3.66. The van der Waals surface area contributed by atoms with Gasteiger partial charge in [-0.1, -0.05) is 11.6 Å². The molecular formula is C14H13ClN2O3S2. The van der Waals surface area contributed by atoms with Crippen molar-refractivity contribution in [1.29, 1.82) is 0 Å². The summed E-state index contributed by atoms with van der Waals surface area (Å²) in [5, 5.41) is 5.81. The van der Waals surface area contributed by atoms with Crippen molar-refractivity contribution in [2.45, 2.75) is 11.8 Å². The summed E-state index contributed by atoms with van der Waals surface area (Å²) in [5.41, 5.74) is 0.892. The molecule has 0 saturated carbocycles. The van der Waals surface area contributed by atoms with Crippen molar-refractivity contribution in [3.8, 4) is 11.5 Å². The molecule has 1 aromatic heterocycles. The second-order valence-electron chi connectivity index (χ2n) is 4.56. The van der Waals surface area contributed by atoms with Crippen LogP contribution in [0.2, 0.25) is 5.02 Å². The van der Waals surface area contributed by atoms with Gasteiger partial charge in [0, 0.05) is 16.3 Å². The van der Waals surface area contributed by atoms with Crippen LogP contribution in [-0.2, 0) is 4.79 Å². The van der Waals surface area contributed by atoms with Gasteiger partial charge < -0.3 is 14.8 Å². The maximum atomic E-state index is 11.9. The van der Waals surface area contributed by atoms with Gasteiger partial charge in [-0.2, -0.15) is 0 Å². The Bertz CT molecular complexity index is 705. The Balaban J connectivity index is 1.62. The molecule has 0 saturated heterocycles. The Labute approximate surface area is 141 Å². The lowest BCUT2D eigenvalue weighted by Gasteiger charge is -2.19. The third-order valence-electron chi connectivity index (χ3n) is 2.82. The molecule has 0 aliphatic carbocycles. The fourth-order valence-corrected chi connectivity index (χ4v) is 3.63. The van der Waals surface area contributed by atoms with Crippen LogP contribution in [-0.4, -0.2) is 29.9 Å². The predicted octanol–water partition coefficient (Wildman–Crippen LogP) is 3.61. The van der Waals surface area contributed by atoms with Gasteiger partial charge in [0.1, 0.15) is 13.2 Å². The number of nitrogens with one attached hydrogen (secondary N) is 1. The van der Waals surface area contributed by atoms with E-state index in [2.05, 4.69) is 10.3 Å². The van der Waals surface area contributed by atoms with Crippen LogP contribution >= 0.6 is 34.7 Å². The molecule has 2 heterocycles. The van der Waals surface area contributed by atoms with Crippen molar-refractivity contribution in [3.63, 3.8) is 0 Å². The number of carbonyl (C=O) groups excluding carboxylic acids is 1. The van der Waals surface area contributed by atoms with E-state index in [-0.39, 0.29) is 11.7 Å². The van der Waals surface area contributed by atoms with Crippen LogP contribution in [0.4, 0.5) is 5.13 Å². The van der Waals surface area contributed by atoms with Crippen LogP contribution in [0.3, 0.4) is 0 Å². The van der Waals surface area contributed by atoms with Crippen LogP contribution < -0.4 is 14.8 Å². The molecule has 3 rings (SSSR count). The minimum atomic E-state index is -0.120. The summed E-state index contributed by atoms with van der Waals surface area (Å²) in [5.74, 6) is 1.43. The van der Waals surface area contributed by atoms with Gasteiger partial charge in [0.2, 0.25) is 5.91 Å². The van der Waals surface area contributed by atoms with E-state index in [0.29, 0.717) is 34.9 Å². The molecule has 8 heteroatoms. The minimum absolute atomic E-state index is 0.120. The molecule has 0 unspecified atom stereocenters. The van der Waals surface area contributed by atoms with Gasteiger partial charge in [-0.3, -0.25) is 4.79 Å². The molecule has 116 valence electrons. The highest BCUT2D eigenvalue weighted by atomic mass is 35.5. The summed E-state index contributed by atoms with van der Waals surface area (Å²) in [6.45, 7) is 2.92. The fourth-order valence-electron chi connectivity index (χ4n) is 1.87. The Morgan fingerprint density at radius 2 is 2.14 bits per heavy atom. The lowest BCUT2D eigenvalue weighted by molar-refractivity contribution is -0.113. The topological polar surface area (TPSA) is 60.5 Å². The van der Waals surface area contributed by atoms with E-state index >= 15 is 0 Å². The zero-order valence-corrected chi connectivity index (χ0v) is 14.1. The zero-order chi connectivity index (χ0) is 15.5. The number of rotatable bonds is 4. The van der Waals surface area contributed by atoms with Gasteiger partial charge in [-0.15, -0.1) is 23.1 Å². The maximum absolute atomic E-state index is 11.9. The molecule has 0 fully saturated rings. The van der Waals surface area contributed by atoms with Crippen molar-refractivity contribution in [3.05, 3.63) is 28.2 Å². The van der Waals surface area contributed by atoms with Crippen molar-refractivity contribution >= 4 is 45.7 Å². The third-order valence-corrected chi connectivity index (χ3v) is 5.18. The molecule has 0 spiro atoms. The number of ether oxygens (including phenoxy) is 2. The normalized spacial score (nSPS) is 13.0. The van der Waals surface area contributed by atoms with Gasteiger partial charge in [0.15, 0.2) is 16.6 Å². The highest BCUT2D eigenvalue weighted by Crippen LogP contribution is 2.39. The molecule has 1 N–H and O–H groups in total. The number of halogens is 1. The Morgan fingerprint density at radius 3 is 2.82 bits per heavy atom. The first-order valence-corrected chi connectivity index (χ1v) is 8.80. The van der Waals surface area contributed by atoms with Gasteiger partial charge in [0.05, 0.1) is 16.5 Å². The first kappa shape index (κ1) is 15.5. The largest absolute Gasteiger partial charge is 0.486 e. The molecule has 1 aromatic carbocycles. The summed E-state index contributed by atoms with van der Waals surface area (Å²) in [6.07, 6.45) is 0. The van der Waals surface area contributed by atoms with Crippen molar-refractivity contribution in [1.82, 2.24) is 4.98 Å². The summed E-state index contributed by atoms with van der Waals surface area (Å²) in [4.78, 5) is 16.9. The monoisotopic (exact) mass is 356 g/mol. The number of aryl methyl sites for hydroxylation is 1. The molecule has 1 aliphatic heterocycles. The van der Waals surface area contributed by atoms with Gasteiger partial charge in [0.25, 0.3) is 0 Å². The zero-order valence-electron chi connectivity index (χ0n) is 11.7. The number of aromatic nitrogens is 1. The quantitative estimate of drug-likeness (QED) is 0.848. The number of anilines is 1. The summed E-state index contributed by atoms with van der Waals surface area (Å²) < 4.78 is 11.0. The fraction of sp³-hybridized carbons (Fsp3) is 0.286. The lowest BCUT2D eigenvalue weighted by Crippen LogP contribution is -2.15. The van der Waals surface area contributed by atoms with Crippen molar-refractivity contribution in [2.24, 2.45) is 0 Å². The number of thiazole rings is 1. The van der Waals surface area contributed by atoms with Crippen LogP contribution in [0.5, 0.6) is 11.5 Å². The van der Waals surface area contributed by atoms with Crippen molar-refractivity contribution < 1.29 is 14.3 Å². The number of nitrogens with zero attached hydrogens (tertiary/aromatic N) is 1. The second-order valence-corrected chi connectivity index (χ2v) is 6.84. The number of amides is 1. The van der Waals surface area contributed by atoms with Gasteiger partial charge in [-0.25, -0.2) is 4.98 Å². The number of hydrogen-bond acceptors (Lipinski definition) is 6. The van der Waals surface area contributed by atoms with Crippen LogP contribution in [0.15, 0.2) is 22.4 Å². The van der Waals surface area contributed by atoms with E-state index < -0.39 is 0 Å². The van der Waals surface area contributed by atoms with E-state index in [9.17, 15) is 4.79 Å². The first-order chi connectivity index (χ1) is 10.6. The average molecular weight is 357 g/mol. The molecular weight excluding hydrogens is 344 g/mol. The SMILES string of the molecule is Cc1csc(NC(=O)CSc2cc3c(cc2Cl)OCCO3)n1. The molecule has 5 nitrogen and oxygen atoms in total. The number of hydrogen-bond donors (Lipinski definition) is 1. The van der Waals surface area contributed by atoms with Crippen LogP contribution in [0, 0.1) is 6.92 Å². The molecule has 0 atom stereocenters. The lowest BCUT2D eigenvalue weighted by atomic mass is 10.3. The average Bonchev–Trinajstić information content (AvgIpc) is 2.90. The molecule has 0 bridgehead atoms. The van der Waals surface area contributed by atoms with E-state index in [1.807, 2.05) is 18.4 Å². The van der Waals surface area contributed by atoms with Crippen LogP contribution in [0.1, 0.15) is 5.69 Å². The Kier molecular flexibility index (Phi) is 4.75. The van der Waals surface area contributed by atoms with E-state index in [4.69, 9.17) is 21.1 Å². The molecule has 1 aliphatic rings. The Morgan fingerprint density at radius 1 is 1.41 bits per heavy atom. The molecule has 0 radical (unpaired) electrons. The number of fused-ring (bicyclic) bond motifs is 1. The summed E-state index contributed by atoms with van der Waals surface area (Å²) in [6, 6.07) is 3.53. The highest BCUT2D eigenvalue weighted by molar-refractivity contribution is 8.00. The number of carbonyl (C=O) groups is 1. The first-order valence-electron chi connectivity index (χ1n) is 6.56. The molecule has 22 heavy (non-hydrogen) atoms. The number of benzene rings is 1. The number of thioether (sulfide) groups is 1. The van der Waals surface area contributed by atoms with Gasteiger partial charge in [-0.05, 0) is 13.0 Å². The Hall–Kier alpha value is -1.44. The van der Waals surface area contributed by atoms with E-state index in [1.54, 1.807) is 6.07 Å². The van der Waals surface area contributed by atoms with Crippen molar-refractivity contribution in [2.75, 3.05) is 24.3 Å². The summed E-state index contributed by atoms with van der Waals surface area (Å²) >= 11 is 8.97. The smallest absolute Gasteiger partial charge is 0.236 e. The standard InChI is InChI=1S/C14H13ClN2O3S2/c1-8-6-22-14(16-8)17-13(18)7-21-12-5-11-10(4-9(12)15)19-2-3-20-11/h4-6H,2-3,7H2,1H3,(H,16,17,18).